The number of hydrogen-bond donors (Lipinski definition) is 2. The molecular weight excluding hydrogens is 281 g/mol. The van der Waals surface area contributed by atoms with Crippen molar-refractivity contribution >= 4 is 10.0 Å². The predicted octanol–water partition coefficient (Wildman–Crippen LogP) is 1.47. The zero-order chi connectivity index (χ0) is 14.3. The fourth-order valence-electron chi connectivity index (χ4n) is 1.98. The summed E-state index contributed by atoms with van der Waals surface area (Å²) >= 11 is 0. The molecule has 0 aromatic heterocycles. The summed E-state index contributed by atoms with van der Waals surface area (Å²) in [5.41, 5.74) is 4.35. The molecule has 106 valence electrons. The normalized spacial score (nSPS) is 24.0. The average Bonchev–Trinajstić information content (AvgIpc) is 2.25. The van der Waals surface area contributed by atoms with Gasteiger partial charge in [-0.15, -0.1) is 0 Å². The van der Waals surface area contributed by atoms with E-state index >= 15 is 0 Å². The lowest BCUT2D eigenvalue weighted by Gasteiger charge is -2.32. The Kier molecular flexibility index (Phi) is 3.59. The predicted molar refractivity (Wildman–Crippen MR) is 62.8 cm³/mol. The SMILES string of the molecule is NC1CC(NS(=O)(=O)c2ccccc2C(F)(F)F)C1. The lowest BCUT2D eigenvalue weighted by atomic mass is 9.89. The molecule has 19 heavy (non-hydrogen) atoms. The van der Waals surface area contributed by atoms with Crippen LogP contribution in [0.5, 0.6) is 0 Å². The molecule has 0 saturated heterocycles. The maximum Gasteiger partial charge on any atom is 0.417 e. The van der Waals surface area contributed by atoms with Crippen LogP contribution in [-0.2, 0) is 16.2 Å². The van der Waals surface area contributed by atoms with E-state index < -0.39 is 26.7 Å². The van der Waals surface area contributed by atoms with Crippen LogP contribution in [0.3, 0.4) is 0 Å². The van der Waals surface area contributed by atoms with Crippen LogP contribution >= 0.6 is 0 Å². The fourth-order valence-corrected chi connectivity index (χ4v) is 3.47. The number of alkyl halides is 3. The minimum Gasteiger partial charge on any atom is -0.328 e. The third-order valence-electron chi connectivity index (χ3n) is 2.98. The van der Waals surface area contributed by atoms with E-state index in [-0.39, 0.29) is 12.1 Å². The van der Waals surface area contributed by atoms with Gasteiger partial charge in [-0.25, -0.2) is 13.1 Å². The van der Waals surface area contributed by atoms with Crippen LogP contribution in [0.15, 0.2) is 29.2 Å². The number of sulfonamides is 1. The summed E-state index contributed by atoms with van der Waals surface area (Å²) in [4.78, 5) is -0.747. The van der Waals surface area contributed by atoms with Crippen LogP contribution in [-0.4, -0.2) is 20.5 Å². The van der Waals surface area contributed by atoms with Crippen molar-refractivity contribution in [2.45, 2.75) is 36.0 Å². The van der Waals surface area contributed by atoms with E-state index in [1.54, 1.807) is 0 Å². The first-order valence-electron chi connectivity index (χ1n) is 5.64. The lowest BCUT2D eigenvalue weighted by Crippen LogP contribution is -2.50. The smallest absolute Gasteiger partial charge is 0.328 e. The maximum absolute atomic E-state index is 12.8. The Balaban J connectivity index is 2.30. The standard InChI is InChI=1S/C11H13F3N2O2S/c12-11(13,14)9-3-1-2-4-10(9)19(17,18)16-8-5-7(15)6-8/h1-4,7-8,16H,5-6,15H2. The van der Waals surface area contributed by atoms with E-state index in [1.807, 2.05) is 0 Å². The molecule has 0 unspecified atom stereocenters. The molecule has 8 heteroatoms. The van der Waals surface area contributed by atoms with Gasteiger partial charge in [0, 0.05) is 12.1 Å². The van der Waals surface area contributed by atoms with Gasteiger partial charge in [-0.3, -0.25) is 0 Å². The second-order valence-corrected chi connectivity index (χ2v) is 6.23. The van der Waals surface area contributed by atoms with E-state index in [1.165, 1.54) is 6.07 Å². The van der Waals surface area contributed by atoms with Gasteiger partial charge in [0.1, 0.15) is 0 Å². The number of hydrogen-bond acceptors (Lipinski definition) is 3. The molecule has 1 fully saturated rings. The van der Waals surface area contributed by atoms with Crippen molar-refractivity contribution in [2.75, 3.05) is 0 Å². The highest BCUT2D eigenvalue weighted by Gasteiger charge is 2.38. The van der Waals surface area contributed by atoms with E-state index in [0.717, 1.165) is 18.2 Å². The second kappa shape index (κ2) is 4.77. The first-order chi connectivity index (χ1) is 8.70. The average molecular weight is 294 g/mol. The van der Waals surface area contributed by atoms with Gasteiger partial charge < -0.3 is 5.73 Å². The molecule has 0 atom stereocenters. The highest BCUT2D eigenvalue weighted by Crippen LogP contribution is 2.34. The zero-order valence-corrected chi connectivity index (χ0v) is 10.6. The van der Waals surface area contributed by atoms with Crippen molar-refractivity contribution in [3.63, 3.8) is 0 Å². The molecule has 0 aliphatic heterocycles. The molecule has 1 aliphatic rings. The number of benzene rings is 1. The number of nitrogens with two attached hydrogens (primary N) is 1. The molecule has 0 heterocycles. The van der Waals surface area contributed by atoms with Crippen molar-refractivity contribution < 1.29 is 21.6 Å². The third-order valence-corrected chi connectivity index (χ3v) is 4.56. The molecule has 0 bridgehead atoms. The van der Waals surface area contributed by atoms with E-state index in [0.29, 0.717) is 12.8 Å². The molecule has 1 aliphatic carbocycles. The molecule has 0 radical (unpaired) electrons. The van der Waals surface area contributed by atoms with Crippen molar-refractivity contribution in [1.82, 2.24) is 4.72 Å². The van der Waals surface area contributed by atoms with Crippen LogP contribution in [0.25, 0.3) is 0 Å². The topological polar surface area (TPSA) is 72.2 Å². The highest BCUT2D eigenvalue weighted by atomic mass is 32.2. The number of nitrogens with one attached hydrogen (secondary N) is 1. The summed E-state index contributed by atoms with van der Waals surface area (Å²) in [5.74, 6) is 0. The van der Waals surface area contributed by atoms with E-state index in [2.05, 4.69) is 4.72 Å². The molecule has 0 amide bonds. The summed E-state index contributed by atoms with van der Waals surface area (Å²) in [6.45, 7) is 0. The minimum absolute atomic E-state index is 0.0921. The zero-order valence-electron chi connectivity index (χ0n) is 9.81. The van der Waals surface area contributed by atoms with Gasteiger partial charge in [-0.05, 0) is 25.0 Å². The highest BCUT2D eigenvalue weighted by molar-refractivity contribution is 7.89. The Labute approximate surface area is 108 Å². The summed E-state index contributed by atoms with van der Waals surface area (Å²) in [7, 11) is -4.18. The monoisotopic (exact) mass is 294 g/mol. The first-order valence-corrected chi connectivity index (χ1v) is 7.12. The van der Waals surface area contributed by atoms with Crippen LogP contribution in [0, 0.1) is 0 Å². The fraction of sp³-hybridized carbons (Fsp3) is 0.455. The summed E-state index contributed by atoms with van der Waals surface area (Å²) < 4.78 is 64.4. The quantitative estimate of drug-likeness (QED) is 0.887. The van der Waals surface area contributed by atoms with Crippen LogP contribution in [0.1, 0.15) is 18.4 Å². The second-order valence-electron chi connectivity index (χ2n) is 4.54. The van der Waals surface area contributed by atoms with Crippen LogP contribution < -0.4 is 10.5 Å². The third kappa shape index (κ3) is 3.07. The van der Waals surface area contributed by atoms with Crippen molar-refractivity contribution in [1.29, 1.82) is 0 Å². The molecule has 1 saturated carbocycles. The van der Waals surface area contributed by atoms with Crippen LogP contribution in [0.2, 0.25) is 0 Å². The van der Waals surface area contributed by atoms with Crippen molar-refractivity contribution in [3.8, 4) is 0 Å². The summed E-state index contributed by atoms with van der Waals surface area (Å²) in [5, 5.41) is 0. The Hall–Kier alpha value is -1.12. The molecule has 1 aromatic rings. The van der Waals surface area contributed by atoms with Gasteiger partial charge >= 0.3 is 6.18 Å². The first kappa shape index (κ1) is 14.3. The number of halogens is 3. The van der Waals surface area contributed by atoms with E-state index in [9.17, 15) is 21.6 Å². The van der Waals surface area contributed by atoms with Gasteiger partial charge in [0.25, 0.3) is 0 Å². The van der Waals surface area contributed by atoms with Gasteiger partial charge in [0.15, 0.2) is 0 Å². The summed E-state index contributed by atoms with van der Waals surface area (Å²) in [6, 6.07) is 3.63. The van der Waals surface area contributed by atoms with Gasteiger partial charge in [-0.2, -0.15) is 13.2 Å². The van der Waals surface area contributed by atoms with Gasteiger partial charge in [-0.1, -0.05) is 12.1 Å². The molecular formula is C11H13F3N2O2S. The van der Waals surface area contributed by atoms with E-state index in [4.69, 9.17) is 5.73 Å². The van der Waals surface area contributed by atoms with Crippen LogP contribution in [0.4, 0.5) is 13.2 Å². The minimum atomic E-state index is -4.71. The Morgan fingerprint density at radius 1 is 1.21 bits per heavy atom. The molecule has 4 nitrogen and oxygen atoms in total. The Bertz CT molecular complexity index is 566. The summed E-state index contributed by atoms with van der Waals surface area (Å²) in [6.07, 6.45) is -3.83. The molecule has 1 aromatic carbocycles. The van der Waals surface area contributed by atoms with Crippen molar-refractivity contribution in [3.05, 3.63) is 29.8 Å². The van der Waals surface area contributed by atoms with Gasteiger partial charge in [0.2, 0.25) is 10.0 Å². The maximum atomic E-state index is 12.8. The largest absolute Gasteiger partial charge is 0.417 e. The van der Waals surface area contributed by atoms with Crippen molar-refractivity contribution in [2.24, 2.45) is 5.73 Å². The lowest BCUT2D eigenvalue weighted by molar-refractivity contribution is -0.139. The molecule has 3 N–H and O–H groups in total. The molecule has 0 spiro atoms. The number of rotatable bonds is 3. The molecule has 2 rings (SSSR count). The Morgan fingerprint density at radius 3 is 2.32 bits per heavy atom. The van der Waals surface area contributed by atoms with Gasteiger partial charge in [0.05, 0.1) is 10.5 Å². The Morgan fingerprint density at radius 2 is 1.79 bits per heavy atom.